The number of alkyl halides is 3. The lowest BCUT2D eigenvalue weighted by atomic mass is 10.3. The third-order valence-corrected chi connectivity index (χ3v) is 8.31. The molecule has 5 rings (SSSR count). The monoisotopic (exact) mass is 582 g/mol. The number of rotatable bonds is 9. The molecule has 0 aliphatic carbocycles. The minimum absolute atomic E-state index is 0.119. The number of hydrogen-bond donors (Lipinski definition) is 1. The molecule has 39 heavy (non-hydrogen) atoms. The Morgan fingerprint density at radius 2 is 1.90 bits per heavy atom. The minimum Gasteiger partial charge on any atom is -0.378 e. The summed E-state index contributed by atoms with van der Waals surface area (Å²) in [5.41, 5.74) is 0.273. The van der Waals surface area contributed by atoms with E-state index < -0.39 is 19.8 Å². The Hall–Kier alpha value is -2.94. The van der Waals surface area contributed by atoms with Crippen LogP contribution < -0.4 is 10.2 Å². The van der Waals surface area contributed by atoms with Crippen LogP contribution in [-0.2, 0) is 28.9 Å². The Morgan fingerprint density at radius 3 is 2.62 bits per heavy atom. The van der Waals surface area contributed by atoms with Gasteiger partial charge in [-0.05, 0) is 24.2 Å². The number of anilines is 2. The number of ether oxygens (including phenoxy) is 2. The van der Waals surface area contributed by atoms with Gasteiger partial charge >= 0.3 is 6.18 Å². The fourth-order valence-corrected chi connectivity index (χ4v) is 5.13. The van der Waals surface area contributed by atoms with E-state index in [1.54, 1.807) is 17.0 Å². The maximum Gasteiger partial charge on any atom is 0.421 e. The Kier molecular flexibility index (Phi) is 7.72. The van der Waals surface area contributed by atoms with E-state index in [-0.39, 0.29) is 30.8 Å². The molecule has 3 aromatic heterocycles. The quantitative estimate of drug-likeness (QED) is 0.220. The normalized spacial score (nSPS) is 15.0. The van der Waals surface area contributed by atoms with Crippen molar-refractivity contribution in [2.45, 2.75) is 45.1 Å². The zero-order chi connectivity index (χ0) is 27.8. The van der Waals surface area contributed by atoms with Gasteiger partial charge in [0, 0.05) is 32.8 Å². The lowest BCUT2D eigenvalue weighted by Crippen LogP contribution is -2.37. The maximum atomic E-state index is 13.7. The van der Waals surface area contributed by atoms with Crippen LogP contribution in [0.3, 0.4) is 0 Å². The van der Waals surface area contributed by atoms with Crippen molar-refractivity contribution < 1.29 is 22.6 Å². The number of halogens is 4. The molecule has 0 amide bonds. The van der Waals surface area contributed by atoms with E-state index in [4.69, 9.17) is 26.1 Å². The number of nitrogens with zero attached hydrogens (tertiary/aromatic N) is 7. The van der Waals surface area contributed by atoms with Gasteiger partial charge in [0.2, 0.25) is 11.9 Å². The van der Waals surface area contributed by atoms with Crippen LogP contribution in [0.1, 0.15) is 11.4 Å². The van der Waals surface area contributed by atoms with Crippen molar-refractivity contribution in [3.63, 3.8) is 0 Å². The summed E-state index contributed by atoms with van der Waals surface area (Å²) in [6, 6.07) is 6.44. The molecule has 1 aromatic carbocycles. The Bertz CT molecular complexity index is 1460. The van der Waals surface area contributed by atoms with Crippen LogP contribution in [0.5, 0.6) is 0 Å². The average Bonchev–Trinajstić information content (AvgIpc) is 3.46. The third-order valence-electron chi connectivity index (χ3n) is 6.37. The van der Waals surface area contributed by atoms with Crippen molar-refractivity contribution in [2.75, 3.05) is 43.1 Å². The number of imidazole rings is 1. The summed E-state index contributed by atoms with van der Waals surface area (Å²) in [5, 5.41) is 7.63. The molecule has 0 saturated carbocycles. The molecule has 0 unspecified atom stereocenters. The minimum atomic E-state index is -4.61. The van der Waals surface area contributed by atoms with Crippen molar-refractivity contribution in [2.24, 2.45) is 0 Å². The molecule has 1 aliphatic heterocycles. The van der Waals surface area contributed by atoms with E-state index in [1.807, 2.05) is 10.6 Å². The molecule has 4 aromatic rings. The fraction of sp³-hybridized carbons (Fsp3) is 0.500. The molecule has 1 aliphatic rings. The van der Waals surface area contributed by atoms with E-state index >= 15 is 0 Å². The predicted octanol–water partition coefficient (Wildman–Crippen LogP) is 4.91. The van der Waals surface area contributed by atoms with Gasteiger partial charge < -0.3 is 24.3 Å². The van der Waals surface area contributed by atoms with Crippen LogP contribution >= 0.6 is 11.6 Å². The zero-order valence-corrected chi connectivity index (χ0v) is 23.7. The van der Waals surface area contributed by atoms with E-state index in [0.29, 0.717) is 49.3 Å². The highest BCUT2D eigenvalue weighted by atomic mass is 35.5. The largest absolute Gasteiger partial charge is 0.421 e. The summed E-state index contributed by atoms with van der Waals surface area (Å²) >= 11 is 6.20. The Morgan fingerprint density at radius 1 is 1.13 bits per heavy atom. The van der Waals surface area contributed by atoms with Gasteiger partial charge in [0.1, 0.15) is 18.1 Å². The van der Waals surface area contributed by atoms with Gasteiger partial charge in [-0.1, -0.05) is 31.2 Å². The molecular weight excluding hydrogens is 553 g/mol. The molecule has 0 spiro atoms. The third kappa shape index (κ3) is 6.29. The topological polar surface area (TPSA) is 94.6 Å². The first-order chi connectivity index (χ1) is 18.5. The molecule has 10 nitrogen and oxygen atoms in total. The molecule has 1 fully saturated rings. The second-order valence-corrected chi connectivity index (χ2v) is 16.6. The molecular formula is C24H30ClF3N8O2Si. The predicted molar refractivity (Wildman–Crippen MR) is 145 cm³/mol. The summed E-state index contributed by atoms with van der Waals surface area (Å²) in [7, 11) is -1.27. The lowest BCUT2D eigenvalue weighted by molar-refractivity contribution is -0.136. The maximum absolute atomic E-state index is 13.7. The Labute approximate surface area is 229 Å². The van der Waals surface area contributed by atoms with Gasteiger partial charge in [0.05, 0.1) is 37.0 Å². The number of benzene rings is 1. The summed E-state index contributed by atoms with van der Waals surface area (Å²) in [5.74, 6) is 0.908. The first-order valence-corrected chi connectivity index (χ1v) is 16.7. The van der Waals surface area contributed by atoms with Gasteiger partial charge in [-0.2, -0.15) is 32.8 Å². The molecule has 15 heteroatoms. The summed E-state index contributed by atoms with van der Waals surface area (Å²) in [6.45, 7) is 9.72. The van der Waals surface area contributed by atoms with Crippen molar-refractivity contribution in [3.05, 3.63) is 40.8 Å². The second kappa shape index (κ2) is 10.9. The SMILES string of the molecule is C[Si](C)(C)CCOCn1c(CNc2nc(N3CCOCC3)nc3c(C(F)(F)F)cnn23)nc2cc(Cl)ccc21. The highest BCUT2D eigenvalue weighted by Crippen LogP contribution is 2.33. The number of aromatic nitrogens is 6. The van der Waals surface area contributed by atoms with Crippen LogP contribution in [0.4, 0.5) is 25.1 Å². The summed E-state index contributed by atoms with van der Waals surface area (Å²) in [6.07, 6.45) is -3.85. The van der Waals surface area contributed by atoms with Crippen LogP contribution in [0.15, 0.2) is 24.4 Å². The van der Waals surface area contributed by atoms with E-state index in [1.165, 1.54) is 0 Å². The molecule has 4 heterocycles. The molecule has 1 N–H and O–H groups in total. The highest BCUT2D eigenvalue weighted by molar-refractivity contribution is 6.76. The van der Waals surface area contributed by atoms with Gasteiger partial charge in [0.15, 0.2) is 5.65 Å². The van der Waals surface area contributed by atoms with Gasteiger partial charge in [-0.3, -0.25) is 0 Å². The number of nitrogens with one attached hydrogen (secondary N) is 1. The molecule has 0 bridgehead atoms. The average molecular weight is 583 g/mol. The fourth-order valence-electron chi connectivity index (χ4n) is 4.21. The second-order valence-electron chi connectivity index (χ2n) is 10.5. The van der Waals surface area contributed by atoms with Crippen molar-refractivity contribution in [1.29, 1.82) is 0 Å². The van der Waals surface area contributed by atoms with Crippen molar-refractivity contribution in [3.8, 4) is 0 Å². The van der Waals surface area contributed by atoms with E-state index in [9.17, 15) is 13.2 Å². The van der Waals surface area contributed by atoms with E-state index in [0.717, 1.165) is 22.3 Å². The standard InChI is InChI=1S/C24H30ClF3N8O2Si/c1-39(2,3)11-10-38-15-35-19-5-4-16(25)12-18(19)31-20(35)14-29-22-33-23(34-6-8-37-9-7-34)32-21-17(24(26,27)28)13-30-36(21)22/h4-5,12-13H,6-11,14-15H2,1-3H3,(H,29,32,33). The first kappa shape index (κ1) is 27.6. The smallest absolute Gasteiger partial charge is 0.378 e. The van der Waals surface area contributed by atoms with Gasteiger partial charge in [0.25, 0.3) is 0 Å². The molecule has 0 radical (unpaired) electrons. The number of morpholine rings is 1. The zero-order valence-electron chi connectivity index (χ0n) is 21.9. The van der Waals surface area contributed by atoms with Gasteiger partial charge in [-0.15, -0.1) is 0 Å². The van der Waals surface area contributed by atoms with Crippen LogP contribution in [0.2, 0.25) is 30.7 Å². The van der Waals surface area contributed by atoms with Crippen LogP contribution in [0.25, 0.3) is 16.7 Å². The van der Waals surface area contributed by atoms with Crippen LogP contribution in [-0.4, -0.2) is 70.1 Å². The number of hydrogen-bond acceptors (Lipinski definition) is 8. The molecule has 0 atom stereocenters. The number of fused-ring (bicyclic) bond motifs is 2. The van der Waals surface area contributed by atoms with Crippen molar-refractivity contribution >= 4 is 48.3 Å². The van der Waals surface area contributed by atoms with Crippen molar-refractivity contribution in [1.82, 2.24) is 29.1 Å². The summed E-state index contributed by atoms with van der Waals surface area (Å²) < 4.78 is 55.6. The summed E-state index contributed by atoms with van der Waals surface area (Å²) in [4.78, 5) is 15.3. The molecule has 1 saturated heterocycles. The van der Waals surface area contributed by atoms with Crippen LogP contribution in [0, 0.1) is 0 Å². The Balaban J connectivity index is 1.47. The first-order valence-electron chi connectivity index (χ1n) is 12.6. The molecule has 210 valence electrons. The lowest BCUT2D eigenvalue weighted by Gasteiger charge is -2.27. The highest BCUT2D eigenvalue weighted by Gasteiger charge is 2.36. The van der Waals surface area contributed by atoms with Gasteiger partial charge in [-0.25, -0.2) is 4.98 Å². The van der Waals surface area contributed by atoms with E-state index in [2.05, 4.69) is 40.0 Å².